The molecule has 0 bridgehead atoms. The SMILES string of the molecule is Cc1cc(C)cc(N(C)Cc2cc(F)cc(CN)c2)c1. The Morgan fingerprint density at radius 1 is 0.950 bits per heavy atom. The van der Waals surface area contributed by atoms with E-state index in [1.807, 2.05) is 13.1 Å². The maximum absolute atomic E-state index is 13.5. The highest BCUT2D eigenvalue weighted by Gasteiger charge is 2.06. The van der Waals surface area contributed by atoms with Gasteiger partial charge >= 0.3 is 0 Å². The van der Waals surface area contributed by atoms with Crippen LogP contribution in [0.5, 0.6) is 0 Å². The van der Waals surface area contributed by atoms with E-state index >= 15 is 0 Å². The van der Waals surface area contributed by atoms with E-state index < -0.39 is 0 Å². The molecule has 0 radical (unpaired) electrons. The molecule has 106 valence electrons. The first-order valence-corrected chi connectivity index (χ1v) is 6.76. The Hall–Kier alpha value is -1.87. The average Bonchev–Trinajstić information content (AvgIpc) is 2.36. The highest BCUT2D eigenvalue weighted by molar-refractivity contribution is 5.50. The van der Waals surface area contributed by atoms with Crippen LogP contribution < -0.4 is 10.6 Å². The molecule has 0 saturated heterocycles. The highest BCUT2D eigenvalue weighted by atomic mass is 19.1. The van der Waals surface area contributed by atoms with Gasteiger partial charge in [-0.2, -0.15) is 0 Å². The van der Waals surface area contributed by atoms with Gasteiger partial charge in [0, 0.05) is 25.8 Å². The second-order valence-electron chi connectivity index (χ2n) is 5.37. The van der Waals surface area contributed by atoms with Crippen LogP contribution in [0.2, 0.25) is 0 Å². The van der Waals surface area contributed by atoms with Crippen LogP contribution in [0.15, 0.2) is 36.4 Å². The van der Waals surface area contributed by atoms with Gasteiger partial charge in [0.1, 0.15) is 5.82 Å². The molecule has 20 heavy (non-hydrogen) atoms. The Bertz CT molecular complexity index is 588. The molecular formula is C17H21FN2. The summed E-state index contributed by atoms with van der Waals surface area (Å²) in [5, 5.41) is 0. The van der Waals surface area contributed by atoms with E-state index in [4.69, 9.17) is 5.73 Å². The number of anilines is 1. The molecular weight excluding hydrogens is 251 g/mol. The normalized spacial score (nSPS) is 10.7. The number of hydrogen-bond donors (Lipinski definition) is 1. The number of hydrogen-bond acceptors (Lipinski definition) is 2. The van der Waals surface area contributed by atoms with Crippen molar-refractivity contribution in [3.63, 3.8) is 0 Å². The summed E-state index contributed by atoms with van der Waals surface area (Å²) in [4.78, 5) is 2.12. The van der Waals surface area contributed by atoms with Crippen molar-refractivity contribution >= 4 is 5.69 Å². The summed E-state index contributed by atoms with van der Waals surface area (Å²) in [6.45, 7) is 5.18. The molecule has 0 aromatic heterocycles. The van der Waals surface area contributed by atoms with Crippen LogP contribution in [0, 0.1) is 19.7 Å². The van der Waals surface area contributed by atoms with Crippen molar-refractivity contribution in [2.45, 2.75) is 26.9 Å². The molecule has 3 heteroatoms. The molecule has 0 spiro atoms. The summed E-state index contributed by atoms with van der Waals surface area (Å²) in [6, 6.07) is 11.4. The first-order valence-electron chi connectivity index (χ1n) is 6.76. The third-order valence-corrected chi connectivity index (χ3v) is 3.32. The van der Waals surface area contributed by atoms with Gasteiger partial charge in [-0.1, -0.05) is 12.1 Å². The molecule has 0 aliphatic rings. The topological polar surface area (TPSA) is 29.3 Å². The Labute approximate surface area is 120 Å². The molecule has 0 aliphatic carbocycles. The zero-order valence-corrected chi connectivity index (χ0v) is 12.3. The fraction of sp³-hybridized carbons (Fsp3) is 0.294. The molecule has 0 saturated carbocycles. The minimum atomic E-state index is -0.225. The van der Waals surface area contributed by atoms with Crippen molar-refractivity contribution in [2.24, 2.45) is 5.73 Å². The minimum Gasteiger partial charge on any atom is -0.370 e. The number of benzene rings is 2. The van der Waals surface area contributed by atoms with Crippen LogP contribution in [0.4, 0.5) is 10.1 Å². The maximum atomic E-state index is 13.5. The molecule has 0 atom stereocenters. The zero-order chi connectivity index (χ0) is 14.7. The van der Waals surface area contributed by atoms with E-state index in [0.717, 1.165) is 16.8 Å². The van der Waals surface area contributed by atoms with Gasteiger partial charge < -0.3 is 10.6 Å². The molecule has 2 nitrogen and oxygen atoms in total. The van der Waals surface area contributed by atoms with E-state index in [1.165, 1.54) is 17.2 Å². The molecule has 0 aliphatic heterocycles. The smallest absolute Gasteiger partial charge is 0.123 e. The van der Waals surface area contributed by atoms with E-state index in [2.05, 4.69) is 36.9 Å². The van der Waals surface area contributed by atoms with Crippen LogP contribution in [-0.2, 0) is 13.1 Å². The Kier molecular flexibility index (Phi) is 4.40. The average molecular weight is 272 g/mol. The van der Waals surface area contributed by atoms with Crippen LogP contribution in [0.3, 0.4) is 0 Å². The van der Waals surface area contributed by atoms with Crippen molar-refractivity contribution in [2.75, 3.05) is 11.9 Å². The Morgan fingerprint density at radius 3 is 2.15 bits per heavy atom. The number of nitrogens with zero attached hydrogens (tertiary/aromatic N) is 1. The first kappa shape index (κ1) is 14.5. The van der Waals surface area contributed by atoms with Gasteiger partial charge in [0.2, 0.25) is 0 Å². The molecule has 2 aromatic carbocycles. The monoisotopic (exact) mass is 272 g/mol. The number of rotatable bonds is 4. The molecule has 0 fully saturated rings. The predicted molar refractivity (Wildman–Crippen MR) is 82.3 cm³/mol. The van der Waals surface area contributed by atoms with Crippen molar-refractivity contribution in [3.05, 3.63) is 64.5 Å². The Balaban J connectivity index is 2.22. The quantitative estimate of drug-likeness (QED) is 0.922. The summed E-state index contributed by atoms with van der Waals surface area (Å²) in [7, 11) is 2.02. The number of nitrogens with two attached hydrogens (primary N) is 1. The summed E-state index contributed by atoms with van der Waals surface area (Å²) in [5.74, 6) is -0.225. The lowest BCUT2D eigenvalue weighted by Gasteiger charge is -2.21. The third kappa shape index (κ3) is 3.58. The second-order valence-corrected chi connectivity index (χ2v) is 5.37. The molecule has 2 aromatic rings. The summed E-state index contributed by atoms with van der Waals surface area (Å²) >= 11 is 0. The molecule has 2 rings (SSSR count). The van der Waals surface area contributed by atoms with Gasteiger partial charge in [0.25, 0.3) is 0 Å². The molecule has 0 amide bonds. The van der Waals surface area contributed by atoms with Crippen molar-refractivity contribution in [3.8, 4) is 0 Å². The van der Waals surface area contributed by atoms with Gasteiger partial charge in [0.15, 0.2) is 0 Å². The lowest BCUT2D eigenvalue weighted by atomic mass is 10.1. The first-order chi connectivity index (χ1) is 9.47. The van der Waals surface area contributed by atoms with Crippen LogP contribution in [0.1, 0.15) is 22.3 Å². The Morgan fingerprint density at radius 2 is 1.55 bits per heavy atom. The van der Waals surface area contributed by atoms with E-state index in [1.54, 1.807) is 6.07 Å². The zero-order valence-electron chi connectivity index (χ0n) is 12.3. The van der Waals surface area contributed by atoms with Crippen molar-refractivity contribution in [1.82, 2.24) is 0 Å². The molecule has 0 heterocycles. The van der Waals surface area contributed by atoms with Gasteiger partial charge in [-0.05, 0) is 60.4 Å². The van der Waals surface area contributed by atoms with Gasteiger partial charge in [-0.25, -0.2) is 4.39 Å². The fourth-order valence-corrected chi connectivity index (χ4v) is 2.46. The number of aryl methyl sites for hydroxylation is 2. The van der Waals surface area contributed by atoms with E-state index in [9.17, 15) is 4.39 Å². The van der Waals surface area contributed by atoms with Gasteiger partial charge in [-0.3, -0.25) is 0 Å². The minimum absolute atomic E-state index is 0.225. The molecule has 0 unspecified atom stereocenters. The fourth-order valence-electron chi connectivity index (χ4n) is 2.46. The van der Waals surface area contributed by atoms with Gasteiger partial charge in [0.05, 0.1) is 0 Å². The lowest BCUT2D eigenvalue weighted by Crippen LogP contribution is -2.17. The predicted octanol–water partition coefficient (Wildman–Crippen LogP) is 3.54. The third-order valence-electron chi connectivity index (χ3n) is 3.32. The standard InChI is InChI=1S/C17H21FN2/c1-12-4-13(2)6-17(5-12)20(3)11-15-7-14(10-19)8-16(18)9-15/h4-9H,10-11,19H2,1-3H3. The second kappa shape index (κ2) is 6.06. The highest BCUT2D eigenvalue weighted by Crippen LogP contribution is 2.20. The number of halogens is 1. The van der Waals surface area contributed by atoms with Crippen molar-refractivity contribution < 1.29 is 4.39 Å². The van der Waals surface area contributed by atoms with Gasteiger partial charge in [-0.15, -0.1) is 0 Å². The lowest BCUT2D eigenvalue weighted by molar-refractivity contribution is 0.622. The summed E-state index contributed by atoms with van der Waals surface area (Å²) in [5.41, 5.74) is 11.0. The van der Waals surface area contributed by atoms with Crippen molar-refractivity contribution in [1.29, 1.82) is 0 Å². The van der Waals surface area contributed by atoms with Crippen LogP contribution in [-0.4, -0.2) is 7.05 Å². The van der Waals surface area contributed by atoms with E-state index in [-0.39, 0.29) is 5.82 Å². The van der Waals surface area contributed by atoms with E-state index in [0.29, 0.717) is 13.1 Å². The van der Waals surface area contributed by atoms with Crippen LogP contribution >= 0.6 is 0 Å². The summed E-state index contributed by atoms with van der Waals surface area (Å²) < 4.78 is 13.5. The maximum Gasteiger partial charge on any atom is 0.123 e. The summed E-state index contributed by atoms with van der Waals surface area (Å²) in [6.07, 6.45) is 0. The van der Waals surface area contributed by atoms with Crippen LogP contribution in [0.25, 0.3) is 0 Å². The largest absolute Gasteiger partial charge is 0.370 e. The molecule has 2 N–H and O–H groups in total.